The summed E-state index contributed by atoms with van der Waals surface area (Å²) in [5, 5.41) is 15.7. The highest BCUT2D eigenvalue weighted by molar-refractivity contribution is 14.1. The Morgan fingerprint density at radius 2 is 2.35 bits per heavy atom. The fraction of sp³-hybridized carbons (Fsp3) is 0.100. The lowest BCUT2D eigenvalue weighted by Gasteiger charge is -2.06. The van der Waals surface area contributed by atoms with Crippen LogP contribution in [0.25, 0.3) is 0 Å². The molecule has 0 aliphatic rings. The molecule has 1 heterocycles. The number of aromatic nitrogens is 1. The Kier molecular flexibility index (Phi) is 3.89. The minimum atomic E-state index is -0.396. The highest BCUT2D eigenvalue weighted by atomic mass is 127. The summed E-state index contributed by atoms with van der Waals surface area (Å²) in [4.78, 5) is 14.3. The number of nitro groups is 1. The molecule has 2 rings (SSSR count). The normalized spacial score (nSPS) is 10.2. The standard InChI is InChI=1S/C10H8IN3O2S/c11-9-3-8(14(15)16)1-2-10(9)12-4-7-5-17-6-13-7/h1-3,5-6,12H,4H2. The summed E-state index contributed by atoms with van der Waals surface area (Å²) in [6.07, 6.45) is 0. The first kappa shape index (κ1) is 12.2. The van der Waals surface area contributed by atoms with Crippen molar-refractivity contribution in [3.63, 3.8) is 0 Å². The summed E-state index contributed by atoms with van der Waals surface area (Å²) in [6, 6.07) is 4.75. The largest absolute Gasteiger partial charge is 0.378 e. The molecule has 0 saturated carbocycles. The van der Waals surface area contributed by atoms with E-state index in [2.05, 4.69) is 32.9 Å². The van der Waals surface area contributed by atoms with Crippen LogP contribution in [-0.2, 0) is 6.54 Å². The molecule has 17 heavy (non-hydrogen) atoms. The second-order valence-corrected chi connectivity index (χ2v) is 5.14. The van der Waals surface area contributed by atoms with Gasteiger partial charge < -0.3 is 5.32 Å². The molecular formula is C10H8IN3O2S. The SMILES string of the molecule is O=[N+]([O-])c1ccc(NCc2cscn2)c(I)c1. The third-order valence-corrected chi connectivity index (χ3v) is 3.63. The lowest BCUT2D eigenvalue weighted by Crippen LogP contribution is -2.01. The van der Waals surface area contributed by atoms with Crippen molar-refractivity contribution in [2.75, 3.05) is 5.32 Å². The van der Waals surface area contributed by atoms with E-state index in [4.69, 9.17) is 0 Å². The van der Waals surface area contributed by atoms with Crippen LogP contribution in [0.5, 0.6) is 0 Å². The van der Waals surface area contributed by atoms with E-state index in [0.29, 0.717) is 6.54 Å². The summed E-state index contributed by atoms with van der Waals surface area (Å²) < 4.78 is 0.826. The van der Waals surface area contributed by atoms with Crippen LogP contribution in [0.3, 0.4) is 0 Å². The van der Waals surface area contributed by atoms with Gasteiger partial charge in [0.25, 0.3) is 5.69 Å². The average Bonchev–Trinajstić information content (AvgIpc) is 2.80. The zero-order valence-corrected chi connectivity index (χ0v) is 11.6. The fourth-order valence-corrected chi connectivity index (χ4v) is 2.52. The number of benzene rings is 1. The number of hydrogen-bond donors (Lipinski definition) is 1. The maximum absolute atomic E-state index is 10.6. The summed E-state index contributed by atoms with van der Waals surface area (Å²) in [6.45, 7) is 0.622. The first-order valence-corrected chi connectivity index (χ1v) is 6.74. The molecule has 7 heteroatoms. The van der Waals surface area contributed by atoms with E-state index in [9.17, 15) is 10.1 Å². The number of thiazole rings is 1. The van der Waals surface area contributed by atoms with E-state index in [0.717, 1.165) is 15.0 Å². The summed E-state index contributed by atoms with van der Waals surface area (Å²) in [5.74, 6) is 0. The molecule has 1 aromatic carbocycles. The van der Waals surface area contributed by atoms with Gasteiger partial charge >= 0.3 is 0 Å². The molecule has 1 N–H and O–H groups in total. The third kappa shape index (κ3) is 3.13. The maximum atomic E-state index is 10.6. The number of halogens is 1. The Bertz CT molecular complexity index is 530. The lowest BCUT2D eigenvalue weighted by molar-refractivity contribution is -0.384. The van der Waals surface area contributed by atoms with Crippen molar-refractivity contribution in [2.45, 2.75) is 6.54 Å². The average molecular weight is 361 g/mol. The molecule has 0 aliphatic heterocycles. The molecule has 5 nitrogen and oxygen atoms in total. The minimum absolute atomic E-state index is 0.105. The summed E-state index contributed by atoms with van der Waals surface area (Å²) in [5.41, 5.74) is 3.72. The molecule has 88 valence electrons. The predicted molar refractivity (Wildman–Crippen MR) is 75.3 cm³/mol. The van der Waals surface area contributed by atoms with Gasteiger partial charge in [-0.1, -0.05) is 0 Å². The molecule has 0 fully saturated rings. The smallest absolute Gasteiger partial charge is 0.270 e. The second kappa shape index (κ2) is 5.41. The lowest BCUT2D eigenvalue weighted by atomic mass is 10.3. The topological polar surface area (TPSA) is 68.1 Å². The van der Waals surface area contributed by atoms with E-state index in [-0.39, 0.29) is 5.69 Å². The van der Waals surface area contributed by atoms with E-state index in [1.165, 1.54) is 6.07 Å². The van der Waals surface area contributed by atoms with Gasteiger partial charge in [-0.2, -0.15) is 0 Å². The van der Waals surface area contributed by atoms with Crippen LogP contribution in [0.1, 0.15) is 5.69 Å². The monoisotopic (exact) mass is 361 g/mol. The van der Waals surface area contributed by atoms with Crippen LogP contribution < -0.4 is 5.32 Å². The van der Waals surface area contributed by atoms with Gasteiger partial charge in [-0.3, -0.25) is 10.1 Å². The number of hydrogen-bond acceptors (Lipinski definition) is 5. The molecule has 0 saturated heterocycles. The molecule has 2 aromatic rings. The van der Waals surface area contributed by atoms with Crippen molar-refractivity contribution in [3.05, 3.63) is 48.5 Å². The second-order valence-electron chi connectivity index (χ2n) is 3.25. The van der Waals surface area contributed by atoms with E-state index in [1.54, 1.807) is 29.0 Å². The van der Waals surface area contributed by atoms with Gasteiger partial charge in [0.1, 0.15) is 0 Å². The van der Waals surface area contributed by atoms with Gasteiger partial charge in [0.2, 0.25) is 0 Å². The van der Waals surface area contributed by atoms with Crippen molar-refractivity contribution < 1.29 is 4.92 Å². The third-order valence-electron chi connectivity index (χ3n) is 2.11. The number of non-ortho nitro benzene ring substituents is 1. The molecule has 0 radical (unpaired) electrons. The van der Waals surface area contributed by atoms with E-state index < -0.39 is 4.92 Å². The number of nitro benzene ring substituents is 1. The van der Waals surface area contributed by atoms with Crippen LogP contribution in [0.2, 0.25) is 0 Å². The minimum Gasteiger partial charge on any atom is -0.378 e. The maximum Gasteiger partial charge on any atom is 0.270 e. The highest BCUT2D eigenvalue weighted by Gasteiger charge is 2.08. The number of rotatable bonds is 4. The zero-order chi connectivity index (χ0) is 12.3. The van der Waals surface area contributed by atoms with Crippen LogP contribution in [0.15, 0.2) is 29.1 Å². The van der Waals surface area contributed by atoms with Crippen molar-refractivity contribution in [2.24, 2.45) is 0 Å². The predicted octanol–water partition coefficient (Wildman–Crippen LogP) is 3.27. The summed E-state index contributed by atoms with van der Waals surface area (Å²) in [7, 11) is 0. The van der Waals surface area contributed by atoms with Gasteiger partial charge in [-0.15, -0.1) is 11.3 Å². The zero-order valence-electron chi connectivity index (χ0n) is 8.59. The van der Waals surface area contributed by atoms with Crippen molar-refractivity contribution in [1.82, 2.24) is 4.98 Å². The Morgan fingerprint density at radius 1 is 1.53 bits per heavy atom. The molecule has 0 spiro atoms. The first-order chi connectivity index (χ1) is 8.16. The van der Waals surface area contributed by atoms with Crippen LogP contribution in [0.4, 0.5) is 11.4 Å². The van der Waals surface area contributed by atoms with Gasteiger partial charge in [0, 0.05) is 26.8 Å². The summed E-state index contributed by atoms with van der Waals surface area (Å²) >= 11 is 3.62. The Morgan fingerprint density at radius 3 is 2.94 bits per heavy atom. The molecule has 0 atom stereocenters. The number of anilines is 1. The Balaban J connectivity index is 2.09. The fourth-order valence-electron chi connectivity index (χ4n) is 1.27. The van der Waals surface area contributed by atoms with Crippen LogP contribution in [-0.4, -0.2) is 9.91 Å². The molecule has 0 aliphatic carbocycles. The van der Waals surface area contributed by atoms with Crippen LogP contribution >= 0.6 is 33.9 Å². The molecule has 0 unspecified atom stereocenters. The number of nitrogens with zero attached hydrogens (tertiary/aromatic N) is 2. The van der Waals surface area contributed by atoms with Crippen LogP contribution in [0, 0.1) is 13.7 Å². The van der Waals surface area contributed by atoms with Crippen molar-refractivity contribution >= 4 is 45.3 Å². The van der Waals surface area contributed by atoms with Gasteiger partial charge in [0.15, 0.2) is 0 Å². The van der Waals surface area contributed by atoms with Gasteiger partial charge in [-0.25, -0.2) is 4.98 Å². The molecule has 1 aromatic heterocycles. The first-order valence-electron chi connectivity index (χ1n) is 4.71. The molecular weight excluding hydrogens is 353 g/mol. The quantitative estimate of drug-likeness (QED) is 0.516. The van der Waals surface area contributed by atoms with E-state index in [1.807, 2.05) is 5.38 Å². The van der Waals surface area contributed by atoms with Gasteiger partial charge in [0.05, 0.1) is 22.7 Å². The Labute approximate surface area is 115 Å². The van der Waals surface area contributed by atoms with Crippen molar-refractivity contribution in [1.29, 1.82) is 0 Å². The van der Waals surface area contributed by atoms with E-state index >= 15 is 0 Å². The Hall–Kier alpha value is -1.22. The number of nitrogens with one attached hydrogen (secondary N) is 1. The molecule has 0 bridgehead atoms. The van der Waals surface area contributed by atoms with Crippen molar-refractivity contribution in [3.8, 4) is 0 Å². The molecule has 0 amide bonds. The van der Waals surface area contributed by atoms with Gasteiger partial charge in [-0.05, 0) is 28.7 Å². The highest BCUT2D eigenvalue weighted by Crippen LogP contribution is 2.24.